The number of methoxy groups -OCH3 is 3. The van der Waals surface area contributed by atoms with Crippen LogP contribution < -0.4 is 9.47 Å². The number of esters is 1. The molecular formula is C16H23NO6. The van der Waals surface area contributed by atoms with Crippen LogP contribution in [0.1, 0.15) is 23.2 Å². The quantitative estimate of drug-likeness (QED) is 0.684. The average molecular weight is 325 g/mol. The van der Waals surface area contributed by atoms with Crippen molar-refractivity contribution < 1.29 is 28.9 Å². The Bertz CT molecular complexity index is 509. The molecule has 128 valence electrons. The first-order valence-electron chi connectivity index (χ1n) is 7.25. The molecule has 0 unspecified atom stereocenters. The number of amides is 1. The Morgan fingerprint density at radius 1 is 1.04 bits per heavy atom. The normalized spacial score (nSPS) is 10.1. The average Bonchev–Trinajstić information content (AvgIpc) is 2.60. The van der Waals surface area contributed by atoms with E-state index in [9.17, 15) is 9.59 Å². The van der Waals surface area contributed by atoms with Gasteiger partial charge in [-0.05, 0) is 18.6 Å². The Morgan fingerprint density at radius 3 is 2.13 bits per heavy atom. The minimum Gasteiger partial charge on any atom is -0.497 e. The van der Waals surface area contributed by atoms with Crippen molar-refractivity contribution in [1.82, 2.24) is 4.90 Å². The third-order valence-corrected chi connectivity index (χ3v) is 3.29. The zero-order valence-electron chi connectivity index (χ0n) is 13.7. The summed E-state index contributed by atoms with van der Waals surface area (Å²) in [5.74, 6) is 0.347. The van der Waals surface area contributed by atoms with E-state index >= 15 is 0 Å². The molecule has 0 saturated heterocycles. The smallest absolute Gasteiger partial charge is 0.307 e. The molecule has 7 heteroatoms. The van der Waals surface area contributed by atoms with E-state index in [0.29, 0.717) is 30.0 Å². The minimum atomic E-state index is -0.393. The molecule has 1 aromatic carbocycles. The Kier molecular flexibility index (Phi) is 7.90. The summed E-state index contributed by atoms with van der Waals surface area (Å²) >= 11 is 0. The van der Waals surface area contributed by atoms with Crippen molar-refractivity contribution >= 4 is 11.9 Å². The summed E-state index contributed by atoms with van der Waals surface area (Å²) in [4.78, 5) is 25.5. The molecule has 0 saturated carbocycles. The molecule has 23 heavy (non-hydrogen) atoms. The number of nitrogens with zero attached hydrogens (tertiary/aromatic N) is 1. The molecule has 0 spiro atoms. The van der Waals surface area contributed by atoms with Crippen LogP contribution in [0.5, 0.6) is 11.5 Å². The second-order valence-corrected chi connectivity index (χ2v) is 4.80. The maximum Gasteiger partial charge on any atom is 0.307 e. The van der Waals surface area contributed by atoms with Gasteiger partial charge in [-0.1, -0.05) is 0 Å². The third-order valence-electron chi connectivity index (χ3n) is 3.29. The zero-order chi connectivity index (χ0) is 17.2. The van der Waals surface area contributed by atoms with Crippen molar-refractivity contribution in [2.24, 2.45) is 0 Å². The number of hydrogen-bond acceptors (Lipinski definition) is 6. The van der Waals surface area contributed by atoms with Crippen molar-refractivity contribution in [2.45, 2.75) is 12.8 Å². The van der Waals surface area contributed by atoms with E-state index in [0.717, 1.165) is 0 Å². The molecule has 0 atom stereocenters. The SMILES string of the molecule is COC(=O)CCN(CCCO)C(=O)c1cc(OC)cc(OC)c1. The molecule has 0 aliphatic heterocycles. The first-order chi connectivity index (χ1) is 11.0. The molecule has 0 heterocycles. The van der Waals surface area contributed by atoms with Gasteiger partial charge in [-0.2, -0.15) is 0 Å². The molecule has 1 aromatic rings. The number of rotatable bonds is 9. The number of hydrogen-bond donors (Lipinski definition) is 1. The fourth-order valence-corrected chi connectivity index (χ4v) is 2.02. The monoisotopic (exact) mass is 325 g/mol. The van der Waals surface area contributed by atoms with Gasteiger partial charge in [-0.25, -0.2) is 0 Å². The first kappa shape index (κ1) is 18.8. The van der Waals surface area contributed by atoms with Crippen molar-refractivity contribution in [3.8, 4) is 11.5 Å². The van der Waals surface area contributed by atoms with E-state index in [1.54, 1.807) is 18.2 Å². The molecule has 1 amide bonds. The second kappa shape index (κ2) is 9.68. The van der Waals surface area contributed by atoms with Gasteiger partial charge in [0.05, 0.1) is 27.8 Å². The minimum absolute atomic E-state index is 0.0383. The molecule has 7 nitrogen and oxygen atoms in total. The van der Waals surface area contributed by atoms with Gasteiger partial charge in [0, 0.05) is 31.3 Å². The highest BCUT2D eigenvalue weighted by molar-refractivity contribution is 5.95. The van der Waals surface area contributed by atoms with Gasteiger partial charge in [-0.3, -0.25) is 9.59 Å². The topological polar surface area (TPSA) is 85.3 Å². The van der Waals surface area contributed by atoms with Crippen LogP contribution in [0.25, 0.3) is 0 Å². The van der Waals surface area contributed by atoms with E-state index < -0.39 is 5.97 Å². The molecule has 0 aromatic heterocycles. The number of ether oxygens (including phenoxy) is 3. The standard InChI is InChI=1S/C16H23NO6/c1-21-13-9-12(10-14(11-13)22-2)16(20)17(6-4-8-18)7-5-15(19)23-3/h9-11,18H,4-8H2,1-3H3. The fraction of sp³-hybridized carbons (Fsp3) is 0.500. The predicted molar refractivity (Wildman–Crippen MR) is 83.8 cm³/mol. The second-order valence-electron chi connectivity index (χ2n) is 4.80. The lowest BCUT2D eigenvalue weighted by Crippen LogP contribution is -2.34. The predicted octanol–water partition coefficient (Wildman–Crippen LogP) is 1.09. The first-order valence-corrected chi connectivity index (χ1v) is 7.25. The van der Waals surface area contributed by atoms with Crippen LogP contribution in [0.2, 0.25) is 0 Å². The lowest BCUT2D eigenvalue weighted by molar-refractivity contribution is -0.140. The van der Waals surface area contributed by atoms with Crippen molar-refractivity contribution in [3.05, 3.63) is 23.8 Å². The highest BCUT2D eigenvalue weighted by Crippen LogP contribution is 2.23. The Labute approximate surface area is 135 Å². The molecule has 0 fully saturated rings. The summed E-state index contributed by atoms with van der Waals surface area (Å²) < 4.78 is 14.9. The maximum atomic E-state index is 12.7. The van der Waals surface area contributed by atoms with Crippen LogP contribution in [-0.2, 0) is 9.53 Å². The lowest BCUT2D eigenvalue weighted by atomic mass is 10.1. The van der Waals surface area contributed by atoms with Crippen LogP contribution in [0, 0.1) is 0 Å². The number of benzene rings is 1. The fourth-order valence-electron chi connectivity index (χ4n) is 2.02. The van der Waals surface area contributed by atoms with Gasteiger partial charge in [0.2, 0.25) is 0 Å². The van der Waals surface area contributed by atoms with Crippen LogP contribution in [0.15, 0.2) is 18.2 Å². The Morgan fingerprint density at radius 2 is 1.65 bits per heavy atom. The van der Waals surface area contributed by atoms with Crippen LogP contribution in [0.4, 0.5) is 0 Å². The maximum absolute atomic E-state index is 12.7. The zero-order valence-corrected chi connectivity index (χ0v) is 13.7. The summed E-state index contributed by atoms with van der Waals surface area (Å²) in [6.07, 6.45) is 0.517. The highest BCUT2D eigenvalue weighted by atomic mass is 16.5. The number of carbonyl (C=O) groups is 2. The summed E-state index contributed by atoms with van der Waals surface area (Å²) in [7, 11) is 4.31. The molecule has 1 N–H and O–H groups in total. The van der Waals surface area contributed by atoms with Crippen molar-refractivity contribution in [2.75, 3.05) is 41.0 Å². The summed E-state index contributed by atoms with van der Waals surface area (Å²) in [5, 5.41) is 8.99. The van der Waals surface area contributed by atoms with Gasteiger partial charge in [0.15, 0.2) is 0 Å². The molecule has 0 bridgehead atoms. The number of aliphatic hydroxyl groups is 1. The van der Waals surface area contributed by atoms with Gasteiger partial charge < -0.3 is 24.2 Å². The van der Waals surface area contributed by atoms with Crippen molar-refractivity contribution in [1.29, 1.82) is 0 Å². The molecule has 0 radical (unpaired) electrons. The number of carbonyl (C=O) groups excluding carboxylic acids is 2. The van der Waals surface area contributed by atoms with E-state index in [4.69, 9.17) is 14.6 Å². The van der Waals surface area contributed by atoms with Crippen molar-refractivity contribution in [3.63, 3.8) is 0 Å². The van der Waals surface area contributed by atoms with E-state index in [-0.39, 0.29) is 25.5 Å². The van der Waals surface area contributed by atoms with Gasteiger partial charge in [-0.15, -0.1) is 0 Å². The van der Waals surface area contributed by atoms with E-state index in [1.165, 1.54) is 26.2 Å². The third kappa shape index (κ3) is 5.78. The van der Waals surface area contributed by atoms with E-state index in [2.05, 4.69) is 4.74 Å². The van der Waals surface area contributed by atoms with Crippen LogP contribution in [0.3, 0.4) is 0 Å². The van der Waals surface area contributed by atoms with Gasteiger partial charge in [0.1, 0.15) is 11.5 Å². The largest absolute Gasteiger partial charge is 0.497 e. The summed E-state index contributed by atoms with van der Waals surface area (Å²) in [6.45, 7) is 0.514. The van der Waals surface area contributed by atoms with Crippen LogP contribution >= 0.6 is 0 Å². The highest BCUT2D eigenvalue weighted by Gasteiger charge is 2.18. The molecule has 0 aliphatic carbocycles. The van der Waals surface area contributed by atoms with E-state index in [1.807, 2.05) is 0 Å². The molecule has 0 aliphatic rings. The number of aliphatic hydroxyl groups excluding tert-OH is 1. The Hall–Kier alpha value is -2.28. The van der Waals surface area contributed by atoms with Gasteiger partial charge >= 0.3 is 5.97 Å². The Balaban J connectivity index is 2.95. The summed E-state index contributed by atoms with van der Waals surface area (Å²) in [6, 6.07) is 4.88. The molecular weight excluding hydrogens is 302 g/mol. The summed E-state index contributed by atoms with van der Waals surface area (Å²) in [5.41, 5.74) is 0.393. The molecule has 1 rings (SSSR count). The lowest BCUT2D eigenvalue weighted by Gasteiger charge is -2.22. The van der Waals surface area contributed by atoms with Crippen LogP contribution in [-0.4, -0.2) is 62.9 Å². The van der Waals surface area contributed by atoms with Gasteiger partial charge in [0.25, 0.3) is 5.91 Å².